The number of carbonyl (C=O) groups excluding carboxylic acids is 1. The second kappa shape index (κ2) is 8.47. The van der Waals surface area contributed by atoms with Gasteiger partial charge >= 0.3 is 0 Å². The van der Waals surface area contributed by atoms with Crippen LogP contribution in [0.25, 0.3) is 0 Å². The minimum Gasteiger partial charge on any atom is -0.353 e. The molecule has 0 fully saturated rings. The number of nitrogens with zero attached hydrogens (tertiary/aromatic N) is 2. The summed E-state index contributed by atoms with van der Waals surface area (Å²) in [7, 11) is 3.90. The van der Waals surface area contributed by atoms with Crippen molar-refractivity contribution in [2.75, 3.05) is 33.7 Å². The zero-order chi connectivity index (χ0) is 18.5. The molecular weight excluding hydrogens is 322 g/mol. The third-order valence-electron chi connectivity index (χ3n) is 5.09. The summed E-state index contributed by atoms with van der Waals surface area (Å²) in [4.78, 5) is 17.1. The lowest BCUT2D eigenvalue weighted by Gasteiger charge is -2.29. The third kappa shape index (κ3) is 4.51. The standard InChI is InChI=1S/C22H29N3O/c1-17-8-10-19(11-9-17)21(24(2)3)22(26)23-13-15-25-14-12-18-6-4-5-7-20(18)16-25/h4-11,21H,12-16H2,1-3H3,(H,23,26). The molecule has 1 amide bonds. The highest BCUT2D eigenvalue weighted by atomic mass is 16.2. The van der Waals surface area contributed by atoms with E-state index < -0.39 is 0 Å². The van der Waals surface area contributed by atoms with Crippen molar-refractivity contribution in [3.63, 3.8) is 0 Å². The largest absolute Gasteiger partial charge is 0.353 e. The van der Waals surface area contributed by atoms with E-state index in [0.717, 1.165) is 31.6 Å². The van der Waals surface area contributed by atoms with Crippen LogP contribution in [0.1, 0.15) is 28.3 Å². The average molecular weight is 351 g/mol. The molecule has 0 aromatic heterocycles. The maximum absolute atomic E-state index is 12.7. The van der Waals surface area contributed by atoms with Crippen LogP contribution in [0, 0.1) is 6.92 Å². The van der Waals surface area contributed by atoms with Crippen LogP contribution >= 0.6 is 0 Å². The Morgan fingerprint density at radius 3 is 2.50 bits per heavy atom. The molecule has 4 heteroatoms. The van der Waals surface area contributed by atoms with E-state index in [2.05, 4.69) is 53.5 Å². The first-order valence-corrected chi connectivity index (χ1v) is 9.34. The van der Waals surface area contributed by atoms with Gasteiger partial charge in [-0.1, -0.05) is 54.1 Å². The molecule has 0 saturated heterocycles. The Balaban J connectivity index is 1.53. The van der Waals surface area contributed by atoms with E-state index in [-0.39, 0.29) is 11.9 Å². The average Bonchev–Trinajstić information content (AvgIpc) is 2.63. The maximum Gasteiger partial charge on any atom is 0.241 e. The Bertz CT molecular complexity index is 739. The van der Waals surface area contributed by atoms with Gasteiger partial charge in [-0.3, -0.25) is 14.6 Å². The van der Waals surface area contributed by atoms with Crippen molar-refractivity contribution in [2.24, 2.45) is 0 Å². The molecule has 1 heterocycles. The summed E-state index contributed by atoms with van der Waals surface area (Å²) in [5, 5.41) is 3.13. The molecule has 1 aliphatic heterocycles. The van der Waals surface area contributed by atoms with Crippen LogP contribution in [0.2, 0.25) is 0 Å². The molecule has 2 aromatic rings. The van der Waals surface area contributed by atoms with Crippen molar-refractivity contribution in [1.82, 2.24) is 15.1 Å². The molecule has 0 spiro atoms. The molecular formula is C22H29N3O. The van der Waals surface area contributed by atoms with E-state index in [4.69, 9.17) is 0 Å². The van der Waals surface area contributed by atoms with E-state index in [0.29, 0.717) is 6.54 Å². The topological polar surface area (TPSA) is 35.6 Å². The number of rotatable bonds is 6. The highest BCUT2D eigenvalue weighted by Crippen LogP contribution is 2.20. The van der Waals surface area contributed by atoms with Crippen molar-refractivity contribution < 1.29 is 4.79 Å². The third-order valence-corrected chi connectivity index (χ3v) is 5.09. The van der Waals surface area contributed by atoms with E-state index >= 15 is 0 Å². The van der Waals surface area contributed by atoms with Gasteiger partial charge in [0.15, 0.2) is 0 Å². The van der Waals surface area contributed by atoms with Gasteiger partial charge in [-0.25, -0.2) is 0 Å². The summed E-state index contributed by atoms with van der Waals surface area (Å²) >= 11 is 0. The van der Waals surface area contributed by atoms with Crippen molar-refractivity contribution >= 4 is 5.91 Å². The number of aryl methyl sites for hydroxylation is 1. The Hall–Kier alpha value is -2.17. The van der Waals surface area contributed by atoms with Crippen LogP contribution in [0.3, 0.4) is 0 Å². The fourth-order valence-corrected chi connectivity index (χ4v) is 3.61. The first kappa shape index (κ1) is 18.6. The fourth-order valence-electron chi connectivity index (χ4n) is 3.61. The normalized spacial score (nSPS) is 15.5. The number of nitrogens with one attached hydrogen (secondary N) is 1. The van der Waals surface area contributed by atoms with Crippen LogP contribution in [-0.2, 0) is 17.8 Å². The van der Waals surface area contributed by atoms with Crippen LogP contribution in [-0.4, -0.2) is 49.4 Å². The van der Waals surface area contributed by atoms with E-state index in [1.807, 2.05) is 31.1 Å². The second-order valence-corrected chi connectivity index (χ2v) is 7.36. The van der Waals surface area contributed by atoms with E-state index in [1.165, 1.54) is 16.7 Å². The van der Waals surface area contributed by atoms with Gasteiger partial charge in [0.1, 0.15) is 6.04 Å². The highest BCUT2D eigenvalue weighted by Gasteiger charge is 2.23. The maximum atomic E-state index is 12.7. The number of amides is 1. The van der Waals surface area contributed by atoms with Crippen molar-refractivity contribution in [1.29, 1.82) is 0 Å². The molecule has 4 nitrogen and oxygen atoms in total. The van der Waals surface area contributed by atoms with Gasteiger partial charge in [-0.2, -0.15) is 0 Å². The lowest BCUT2D eigenvalue weighted by atomic mass is 10.00. The van der Waals surface area contributed by atoms with Gasteiger partial charge < -0.3 is 5.32 Å². The first-order chi connectivity index (χ1) is 12.5. The summed E-state index contributed by atoms with van der Waals surface area (Å²) < 4.78 is 0. The number of hydrogen-bond acceptors (Lipinski definition) is 3. The summed E-state index contributed by atoms with van der Waals surface area (Å²) in [5.41, 5.74) is 5.11. The highest BCUT2D eigenvalue weighted by molar-refractivity contribution is 5.83. The lowest BCUT2D eigenvalue weighted by molar-refractivity contribution is -0.125. The van der Waals surface area contributed by atoms with Gasteiger partial charge in [0.05, 0.1) is 0 Å². The Kier molecular flexibility index (Phi) is 6.07. The monoisotopic (exact) mass is 351 g/mol. The van der Waals surface area contributed by atoms with Gasteiger partial charge in [-0.15, -0.1) is 0 Å². The minimum atomic E-state index is -0.252. The molecule has 0 saturated carbocycles. The molecule has 1 atom stereocenters. The summed E-state index contributed by atoms with van der Waals surface area (Å²) in [5.74, 6) is 0.0660. The summed E-state index contributed by atoms with van der Waals surface area (Å²) in [6.07, 6.45) is 1.09. The zero-order valence-electron chi connectivity index (χ0n) is 16.0. The summed E-state index contributed by atoms with van der Waals surface area (Å²) in [6, 6.07) is 16.6. The molecule has 1 aliphatic rings. The fraction of sp³-hybridized carbons (Fsp3) is 0.409. The van der Waals surface area contributed by atoms with Crippen LogP contribution < -0.4 is 5.32 Å². The van der Waals surface area contributed by atoms with Gasteiger partial charge in [0.25, 0.3) is 0 Å². The molecule has 0 aliphatic carbocycles. The predicted octanol–water partition coefficient (Wildman–Crippen LogP) is 2.77. The number of carbonyl (C=O) groups is 1. The Morgan fingerprint density at radius 2 is 1.81 bits per heavy atom. The van der Waals surface area contributed by atoms with Gasteiger partial charge in [0, 0.05) is 26.2 Å². The Morgan fingerprint density at radius 1 is 1.12 bits per heavy atom. The number of likely N-dealkylation sites (N-methyl/N-ethyl adjacent to an activating group) is 1. The molecule has 1 unspecified atom stereocenters. The molecule has 0 bridgehead atoms. The molecule has 1 N–H and O–H groups in total. The number of benzene rings is 2. The zero-order valence-corrected chi connectivity index (χ0v) is 16.0. The SMILES string of the molecule is Cc1ccc(C(C(=O)NCCN2CCc3ccccc3C2)N(C)C)cc1. The predicted molar refractivity (Wildman–Crippen MR) is 106 cm³/mol. The lowest BCUT2D eigenvalue weighted by Crippen LogP contribution is -2.41. The van der Waals surface area contributed by atoms with Crippen LogP contribution in [0.15, 0.2) is 48.5 Å². The van der Waals surface area contributed by atoms with Crippen LogP contribution in [0.4, 0.5) is 0 Å². The summed E-state index contributed by atoms with van der Waals surface area (Å²) in [6.45, 7) is 5.65. The molecule has 2 aromatic carbocycles. The first-order valence-electron chi connectivity index (χ1n) is 9.34. The van der Waals surface area contributed by atoms with Crippen molar-refractivity contribution in [3.05, 3.63) is 70.8 Å². The molecule has 3 rings (SSSR count). The van der Waals surface area contributed by atoms with Crippen molar-refractivity contribution in [3.8, 4) is 0 Å². The molecule has 0 radical (unpaired) electrons. The smallest absolute Gasteiger partial charge is 0.241 e. The van der Waals surface area contributed by atoms with Crippen molar-refractivity contribution in [2.45, 2.75) is 25.9 Å². The van der Waals surface area contributed by atoms with Gasteiger partial charge in [0.2, 0.25) is 5.91 Å². The van der Waals surface area contributed by atoms with Crippen LogP contribution in [0.5, 0.6) is 0 Å². The minimum absolute atomic E-state index is 0.0660. The van der Waals surface area contributed by atoms with Gasteiger partial charge in [-0.05, 0) is 44.1 Å². The number of fused-ring (bicyclic) bond motifs is 1. The molecule has 26 heavy (non-hydrogen) atoms. The second-order valence-electron chi connectivity index (χ2n) is 7.36. The molecule has 138 valence electrons. The Labute approximate surface area is 156 Å². The number of hydrogen-bond donors (Lipinski definition) is 1. The van der Waals surface area contributed by atoms with E-state index in [1.54, 1.807) is 0 Å². The quantitative estimate of drug-likeness (QED) is 0.869. The van der Waals surface area contributed by atoms with E-state index in [9.17, 15) is 4.79 Å².